The van der Waals surface area contributed by atoms with Crippen LogP contribution in [0.15, 0.2) is 0 Å². The van der Waals surface area contributed by atoms with Gasteiger partial charge in [0.05, 0.1) is 5.69 Å². The highest BCUT2D eigenvalue weighted by atomic mass is 32.1. The number of carboxylic acids is 1. The summed E-state index contributed by atoms with van der Waals surface area (Å²) in [6.07, 6.45) is 0.660. The zero-order chi connectivity index (χ0) is 12.3. The molecule has 0 bridgehead atoms. The third-order valence-corrected chi connectivity index (χ3v) is 3.38. The molecule has 0 aromatic carbocycles. The lowest BCUT2D eigenvalue weighted by Gasteiger charge is -2.17. The number of hydrogen-bond acceptors (Lipinski definition) is 4. The van der Waals surface area contributed by atoms with Crippen LogP contribution >= 0.6 is 11.3 Å². The number of anilines is 1. The molecule has 0 unspecified atom stereocenters. The lowest BCUT2D eigenvalue weighted by atomic mass is 10.2. The summed E-state index contributed by atoms with van der Waals surface area (Å²) in [5.74, 6) is -0.342. The minimum absolute atomic E-state index is 0.369. The first-order chi connectivity index (χ1) is 7.45. The number of carboxylic acid groups (broad SMARTS) is 1. The molecule has 0 atom stereocenters. The van der Waals surface area contributed by atoms with Gasteiger partial charge >= 0.3 is 5.97 Å². The van der Waals surface area contributed by atoms with Crippen molar-refractivity contribution in [1.29, 1.82) is 0 Å². The summed E-state index contributed by atoms with van der Waals surface area (Å²) >= 11 is 1.26. The smallest absolute Gasteiger partial charge is 0.347 e. The lowest BCUT2D eigenvalue weighted by Crippen LogP contribution is -2.22. The van der Waals surface area contributed by atoms with Gasteiger partial charge in [-0.25, -0.2) is 9.78 Å². The molecule has 0 spiro atoms. The third-order valence-electron chi connectivity index (χ3n) is 2.18. The van der Waals surface area contributed by atoms with Crippen LogP contribution in [0.25, 0.3) is 0 Å². The van der Waals surface area contributed by atoms with Gasteiger partial charge in [0.25, 0.3) is 0 Å². The Morgan fingerprint density at radius 3 is 2.56 bits per heavy atom. The van der Waals surface area contributed by atoms with Crippen LogP contribution in [0.1, 0.15) is 36.1 Å². The number of aromatic carboxylic acids is 1. The monoisotopic (exact) mass is 242 g/mol. The topological polar surface area (TPSA) is 53.4 Å². The van der Waals surface area contributed by atoms with Crippen molar-refractivity contribution in [2.24, 2.45) is 5.92 Å². The first kappa shape index (κ1) is 13.0. The Morgan fingerprint density at radius 2 is 2.19 bits per heavy atom. The zero-order valence-electron chi connectivity index (χ0n) is 10.1. The van der Waals surface area contributed by atoms with E-state index >= 15 is 0 Å². The Hall–Kier alpha value is -1.10. The maximum Gasteiger partial charge on any atom is 0.347 e. The minimum atomic E-state index is -0.876. The van der Waals surface area contributed by atoms with Crippen LogP contribution in [-0.2, 0) is 6.42 Å². The molecule has 1 aromatic rings. The largest absolute Gasteiger partial charge is 0.477 e. The number of aromatic nitrogens is 1. The van der Waals surface area contributed by atoms with E-state index in [9.17, 15) is 4.79 Å². The molecule has 1 N–H and O–H groups in total. The van der Waals surface area contributed by atoms with E-state index in [1.807, 2.05) is 18.9 Å². The standard InChI is InChI=1S/C11H18N2O2S/c1-5-8-9(10(14)15)16-11(12-8)13(4)6-7(2)3/h7H,5-6H2,1-4H3,(H,14,15). The van der Waals surface area contributed by atoms with Crippen molar-refractivity contribution in [3.8, 4) is 0 Å². The van der Waals surface area contributed by atoms with E-state index in [0.717, 1.165) is 11.7 Å². The van der Waals surface area contributed by atoms with E-state index in [0.29, 0.717) is 22.9 Å². The van der Waals surface area contributed by atoms with E-state index in [4.69, 9.17) is 5.11 Å². The molecule has 0 amide bonds. The first-order valence-electron chi connectivity index (χ1n) is 5.39. The molecule has 0 saturated carbocycles. The van der Waals surface area contributed by atoms with E-state index in [-0.39, 0.29) is 0 Å². The molecule has 0 saturated heterocycles. The van der Waals surface area contributed by atoms with Gasteiger partial charge in [0, 0.05) is 13.6 Å². The van der Waals surface area contributed by atoms with Gasteiger partial charge in [0.2, 0.25) is 0 Å². The van der Waals surface area contributed by atoms with Crippen LogP contribution in [0.4, 0.5) is 5.13 Å². The molecule has 5 heteroatoms. The second kappa shape index (κ2) is 5.30. The third kappa shape index (κ3) is 2.95. The number of aryl methyl sites for hydroxylation is 1. The van der Waals surface area contributed by atoms with Crippen LogP contribution in [0.2, 0.25) is 0 Å². The van der Waals surface area contributed by atoms with Crippen LogP contribution in [0.5, 0.6) is 0 Å². The average molecular weight is 242 g/mol. The number of hydrogen-bond donors (Lipinski definition) is 1. The number of carbonyl (C=O) groups is 1. The summed E-state index contributed by atoms with van der Waals surface area (Å²) in [6, 6.07) is 0. The SMILES string of the molecule is CCc1nc(N(C)CC(C)C)sc1C(=O)O. The fraction of sp³-hybridized carbons (Fsp3) is 0.636. The summed E-state index contributed by atoms with van der Waals surface area (Å²) in [6.45, 7) is 7.06. The van der Waals surface area contributed by atoms with E-state index < -0.39 is 5.97 Å². The van der Waals surface area contributed by atoms with Crippen LogP contribution in [0, 0.1) is 5.92 Å². The molecule has 1 heterocycles. The Balaban J connectivity index is 2.94. The predicted molar refractivity (Wildman–Crippen MR) is 66.6 cm³/mol. The normalized spacial score (nSPS) is 10.8. The van der Waals surface area contributed by atoms with Crippen molar-refractivity contribution in [3.63, 3.8) is 0 Å². The fourth-order valence-electron chi connectivity index (χ4n) is 1.54. The van der Waals surface area contributed by atoms with Gasteiger partial charge in [-0.05, 0) is 12.3 Å². The molecule has 1 aromatic heterocycles. The second-order valence-corrected chi connectivity index (χ2v) is 5.18. The quantitative estimate of drug-likeness (QED) is 0.862. The highest BCUT2D eigenvalue weighted by Crippen LogP contribution is 2.26. The van der Waals surface area contributed by atoms with Crippen molar-refractivity contribution >= 4 is 22.4 Å². The highest BCUT2D eigenvalue weighted by molar-refractivity contribution is 7.17. The molecule has 0 aliphatic carbocycles. The average Bonchev–Trinajstić information content (AvgIpc) is 2.60. The van der Waals surface area contributed by atoms with Gasteiger partial charge in [0.1, 0.15) is 4.88 Å². The Morgan fingerprint density at radius 1 is 1.56 bits per heavy atom. The van der Waals surface area contributed by atoms with E-state index in [1.165, 1.54) is 11.3 Å². The van der Waals surface area contributed by atoms with Crippen molar-refractivity contribution < 1.29 is 9.90 Å². The number of thiazole rings is 1. The van der Waals surface area contributed by atoms with Gasteiger partial charge < -0.3 is 10.0 Å². The van der Waals surface area contributed by atoms with E-state index in [2.05, 4.69) is 18.8 Å². The summed E-state index contributed by atoms with van der Waals surface area (Å²) in [5, 5.41) is 9.82. The lowest BCUT2D eigenvalue weighted by molar-refractivity contribution is 0.0701. The highest BCUT2D eigenvalue weighted by Gasteiger charge is 2.18. The second-order valence-electron chi connectivity index (χ2n) is 4.21. The van der Waals surface area contributed by atoms with Crippen molar-refractivity contribution in [2.45, 2.75) is 27.2 Å². The van der Waals surface area contributed by atoms with E-state index in [1.54, 1.807) is 0 Å². The Labute approximate surface area is 99.9 Å². The minimum Gasteiger partial charge on any atom is -0.477 e. The van der Waals surface area contributed by atoms with Crippen LogP contribution < -0.4 is 4.90 Å². The first-order valence-corrected chi connectivity index (χ1v) is 6.21. The summed E-state index contributed by atoms with van der Waals surface area (Å²) < 4.78 is 0. The van der Waals surface area contributed by atoms with Crippen molar-refractivity contribution in [3.05, 3.63) is 10.6 Å². The van der Waals surface area contributed by atoms with Crippen molar-refractivity contribution in [2.75, 3.05) is 18.5 Å². The Kier molecular flexibility index (Phi) is 4.29. The zero-order valence-corrected chi connectivity index (χ0v) is 11.0. The summed E-state index contributed by atoms with van der Waals surface area (Å²) in [5.41, 5.74) is 0.683. The molecule has 16 heavy (non-hydrogen) atoms. The molecule has 0 fully saturated rings. The maximum atomic E-state index is 11.0. The summed E-state index contributed by atoms with van der Waals surface area (Å²) in [4.78, 5) is 17.7. The molecule has 0 radical (unpaired) electrons. The molecular formula is C11H18N2O2S. The van der Waals surface area contributed by atoms with Gasteiger partial charge in [-0.2, -0.15) is 0 Å². The maximum absolute atomic E-state index is 11.0. The predicted octanol–water partition coefficient (Wildman–Crippen LogP) is 2.50. The molecule has 0 aliphatic heterocycles. The van der Waals surface area contributed by atoms with Crippen LogP contribution in [0.3, 0.4) is 0 Å². The molecule has 90 valence electrons. The Bertz CT molecular complexity index is 374. The molecular weight excluding hydrogens is 224 g/mol. The summed E-state index contributed by atoms with van der Waals surface area (Å²) in [7, 11) is 1.95. The van der Waals surface area contributed by atoms with Crippen LogP contribution in [-0.4, -0.2) is 29.7 Å². The van der Waals surface area contributed by atoms with Gasteiger partial charge in [-0.1, -0.05) is 32.1 Å². The molecule has 1 rings (SSSR count). The van der Waals surface area contributed by atoms with Gasteiger partial charge in [0.15, 0.2) is 5.13 Å². The number of rotatable bonds is 5. The molecule has 4 nitrogen and oxygen atoms in total. The number of nitrogens with zero attached hydrogens (tertiary/aromatic N) is 2. The molecule has 0 aliphatic rings. The van der Waals surface area contributed by atoms with Crippen molar-refractivity contribution in [1.82, 2.24) is 4.98 Å². The fourth-order valence-corrected chi connectivity index (χ4v) is 2.50. The van der Waals surface area contributed by atoms with Gasteiger partial charge in [-0.3, -0.25) is 0 Å². The van der Waals surface area contributed by atoms with Gasteiger partial charge in [-0.15, -0.1) is 0 Å².